The van der Waals surface area contributed by atoms with Crippen LogP contribution >= 0.6 is 0 Å². The molecule has 0 bridgehead atoms. The number of carbonyl (C=O) groups excluding carboxylic acids is 3. The predicted molar refractivity (Wildman–Crippen MR) is 280 cm³/mol. The van der Waals surface area contributed by atoms with Crippen LogP contribution in [0.4, 0.5) is 0 Å². The molecule has 65 heavy (non-hydrogen) atoms. The van der Waals surface area contributed by atoms with Gasteiger partial charge >= 0.3 is 17.9 Å². The first kappa shape index (κ1) is 63.4. The summed E-state index contributed by atoms with van der Waals surface area (Å²) in [6, 6.07) is 0. The van der Waals surface area contributed by atoms with E-state index in [4.69, 9.17) is 14.2 Å². The maximum absolute atomic E-state index is 12.9. The summed E-state index contributed by atoms with van der Waals surface area (Å²) in [5, 5.41) is 0. The lowest BCUT2D eigenvalue weighted by Gasteiger charge is -2.18. The SMILES string of the molecule is CCCCCCCCCCCCCCCCCCC(=O)OC[C@@H](COC(=O)CCCCCCCCCCCCCCCCC)OC(=O)CCCCCCCCCCCCCCCCCC. The molecule has 0 N–H and O–H groups in total. The van der Waals surface area contributed by atoms with Gasteiger partial charge in [-0.05, 0) is 19.3 Å². The minimum Gasteiger partial charge on any atom is -0.462 e. The van der Waals surface area contributed by atoms with Gasteiger partial charge in [-0.2, -0.15) is 0 Å². The summed E-state index contributed by atoms with van der Waals surface area (Å²) in [6.45, 7) is 6.71. The molecule has 6 heteroatoms. The van der Waals surface area contributed by atoms with Gasteiger partial charge in [-0.25, -0.2) is 0 Å². The van der Waals surface area contributed by atoms with E-state index in [2.05, 4.69) is 20.8 Å². The number of esters is 3. The monoisotopic (exact) mass is 919 g/mol. The van der Waals surface area contributed by atoms with Gasteiger partial charge < -0.3 is 14.2 Å². The van der Waals surface area contributed by atoms with Crippen LogP contribution < -0.4 is 0 Å². The fraction of sp³-hybridized carbons (Fsp3) is 0.949. The molecule has 0 saturated heterocycles. The molecular formula is C59H114O6. The molecule has 6 nitrogen and oxygen atoms in total. The molecule has 0 aliphatic carbocycles. The number of rotatable bonds is 55. The van der Waals surface area contributed by atoms with Gasteiger partial charge in [0.1, 0.15) is 13.2 Å². The van der Waals surface area contributed by atoms with E-state index in [1.54, 1.807) is 0 Å². The zero-order valence-corrected chi connectivity index (χ0v) is 44.3. The molecule has 0 aromatic heterocycles. The Morgan fingerprint density at radius 2 is 0.415 bits per heavy atom. The molecule has 0 radical (unpaired) electrons. The average molecular weight is 920 g/mol. The van der Waals surface area contributed by atoms with Crippen LogP contribution in [0.3, 0.4) is 0 Å². The molecule has 0 aromatic rings. The molecule has 386 valence electrons. The van der Waals surface area contributed by atoms with Crippen LogP contribution in [0.2, 0.25) is 0 Å². The van der Waals surface area contributed by atoms with E-state index in [9.17, 15) is 14.4 Å². The second-order valence-corrected chi connectivity index (χ2v) is 20.3. The normalized spacial score (nSPS) is 11.9. The Bertz CT molecular complexity index is 967. The summed E-state index contributed by atoms with van der Waals surface area (Å²) >= 11 is 0. The standard InChI is InChI=1S/C59H114O6/c1-4-7-10-13-16-19-22-25-28-31-34-37-40-43-46-49-52-58(61)64-55-56(54-63-57(60)51-48-45-42-39-36-33-30-27-24-21-18-15-12-9-6-3)65-59(62)53-50-47-44-41-38-35-32-29-26-23-20-17-14-11-8-5-2/h56H,4-55H2,1-3H3/t56-/m1/s1. The summed E-state index contributed by atoms with van der Waals surface area (Å²) in [7, 11) is 0. The van der Waals surface area contributed by atoms with E-state index in [1.165, 1.54) is 244 Å². The van der Waals surface area contributed by atoms with Crippen molar-refractivity contribution < 1.29 is 28.6 Å². The third-order valence-electron chi connectivity index (χ3n) is 13.6. The van der Waals surface area contributed by atoms with E-state index in [-0.39, 0.29) is 31.1 Å². The van der Waals surface area contributed by atoms with Gasteiger partial charge in [-0.1, -0.05) is 303 Å². The molecule has 0 heterocycles. The van der Waals surface area contributed by atoms with Crippen LogP contribution in [0.5, 0.6) is 0 Å². The van der Waals surface area contributed by atoms with Gasteiger partial charge in [0.25, 0.3) is 0 Å². The van der Waals surface area contributed by atoms with Gasteiger partial charge in [0.15, 0.2) is 6.10 Å². The molecule has 0 saturated carbocycles. The van der Waals surface area contributed by atoms with E-state index in [1.807, 2.05) is 0 Å². The summed E-state index contributed by atoms with van der Waals surface area (Å²) in [4.78, 5) is 38.2. The summed E-state index contributed by atoms with van der Waals surface area (Å²) in [5.74, 6) is -0.830. The quantitative estimate of drug-likeness (QED) is 0.0344. The van der Waals surface area contributed by atoms with Crippen LogP contribution in [-0.4, -0.2) is 37.2 Å². The molecule has 0 aromatic carbocycles. The van der Waals surface area contributed by atoms with Crippen molar-refractivity contribution in [1.82, 2.24) is 0 Å². The number of hydrogen-bond donors (Lipinski definition) is 0. The first-order valence-electron chi connectivity index (χ1n) is 29.5. The Kier molecular flexibility index (Phi) is 53.7. The number of hydrogen-bond acceptors (Lipinski definition) is 6. The van der Waals surface area contributed by atoms with E-state index >= 15 is 0 Å². The largest absolute Gasteiger partial charge is 0.462 e. The highest BCUT2D eigenvalue weighted by Crippen LogP contribution is 2.18. The topological polar surface area (TPSA) is 78.9 Å². The second kappa shape index (κ2) is 55.0. The number of unbranched alkanes of at least 4 members (excludes halogenated alkanes) is 44. The summed E-state index contributed by atoms with van der Waals surface area (Å²) < 4.78 is 16.9. The van der Waals surface area contributed by atoms with Crippen molar-refractivity contribution in [2.24, 2.45) is 0 Å². The van der Waals surface area contributed by atoms with Crippen LogP contribution in [0, 0.1) is 0 Å². The van der Waals surface area contributed by atoms with Crippen molar-refractivity contribution >= 4 is 17.9 Å². The fourth-order valence-corrected chi connectivity index (χ4v) is 9.15. The van der Waals surface area contributed by atoms with Crippen LogP contribution in [0.25, 0.3) is 0 Å². The Morgan fingerprint density at radius 3 is 0.615 bits per heavy atom. The molecule has 0 unspecified atom stereocenters. The van der Waals surface area contributed by atoms with Crippen molar-refractivity contribution in [3.63, 3.8) is 0 Å². The minimum atomic E-state index is -0.761. The lowest BCUT2D eigenvalue weighted by Crippen LogP contribution is -2.30. The third kappa shape index (κ3) is 53.2. The highest BCUT2D eigenvalue weighted by molar-refractivity contribution is 5.71. The first-order chi connectivity index (χ1) is 32.0. The van der Waals surface area contributed by atoms with Gasteiger partial charge in [0.05, 0.1) is 0 Å². The summed E-state index contributed by atoms with van der Waals surface area (Å²) in [6.07, 6.45) is 60.9. The fourth-order valence-electron chi connectivity index (χ4n) is 9.15. The minimum absolute atomic E-state index is 0.0609. The van der Waals surface area contributed by atoms with Crippen molar-refractivity contribution in [1.29, 1.82) is 0 Å². The molecule has 0 spiro atoms. The molecule has 0 aliphatic heterocycles. The second-order valence-electron chi connectivity index (χ2n) is 20.3. The summed E-state index contributed by atoms with van der Waals surface area (Å²) in [5.41, 5.74) is 0. The lowest BCUT2D eigenvalue weighted by atomic mass is 10.0. The Balaban J connectivity index is 4.29. The van der Waals surface area contributed by atoms with E-state index in [0.29, 0.717) is 19.3 Å². The molecule has 0 amide bonds. The van der Waals surface area contributed by atoms with Crippen LogP contribution in [-0.2, 0) is 28.6 Å². The number of ether oxygens (including phenoxy) is 3. The lowest BCUT2D eigenvalue weighted by molar-refractivity contribution is -0.167. The molecule has 1 atom stereocenters. The molecule has 0 rings (SSSR count). The molecule has 0 aliphatic rings. The average Bonchev–Trinajstić information content (AvgIpc) is 3.30. The number of carbonyl (C=O) groups is 3. The Hall–Kier alpha value is -1.59. The zero-order chi connectivity index (χ0) is 47.2. The Morgan fingerprint density at radius 1 is 0.246 bits per heavy atom. The molecular weight excluding hydrogens is 805 g/mol. The van der Waals surface area contributed by atoms with Crippen LogP contribution in [0.15, 0.2) is 0 Å². The van der Waals surface area contributed by atoms with Crippen LogP contribution in [0.1, 0.15) is 342 Å². The van der Waals surface area contributed by atoms with Crippen molar-refractivity contribution in [3.8, 4) is 0 Å². The highest BCUT2D eigenvalue weighted by atomic mass is 16.6. The van der Waals surface area contributed by atoms with Gasteiger partial charge in [-0.15, -0.1) is 0 Å². The predicted octanol–water partition coefficient (Wildman–Crippen LogP) is 19.5. The first-order valence-corrected chi connectivity index (χ1v) is 29.5. The maximum atomic E-state index is 12.9. The smallest absolute Gasteiger partial charge is 0.306 e. The molecule has 0 fully saturated rings. The van der Waals surface area contributed by atoms with Crippen molar-refractivity contribution in [3.05, 3.63) is 0 Å². The van der Waals surface area contributed by atoms with Gasteiger partial charge in [0, 0.05) is 19.3 Å². The van der Waals surface area contributed by atoms with Crippen molar-refractivity contribution in [2.75, 3.05) is 13.2 Å². The third-order valence-corrected chi connectivity index (χ3v) is 13.6. The maximum Gasteiger partial charge on any atom is 0.306 e. The van der Waals surface area contributed by atoms with Crippen molar-refractivity contribution in [2.45, 2.75) is 348 Å². The zero-order valence-electron chi connectivity index (χ0n) is 44.3. The highest BCUT2D eigenvalue weighted by Gasteiger charge is 2.19. The van der Waals surface area contributed by atoms with Gasteiger partial charge in [-0.3, -0.25) is 14.4 Å². The Labute approximate surface area is 406 Å². The van der Waals surface area contributed by atoms with E-state index in [0.717, 1.165) is 57.8 Å². The van der Waals surface area contributed by atoms with E-state index < -0.39 is 6.10 Å². The van der Waals surface area contributed by atoms with Gasteiger partial charge in [0.2, 0.25) is 0 Å².